The molecule has 5 heteroatoms. The molecule has 0 saturated carbocycles. The fourth-order valence-corrected chi connectivity index (χ4v) is 5.26. The molecule has 38 heavy (non-hydrogen) atoms. The number of nitrogens with zero attached hydrogens (tertiary/aromatic N) is 3. The van der Waals surface area contributed by atoms with Crippen LogP contribution in [0.2, 0.25) is 0 Å². The van der Waals surface area contributed by atoms with Gasteiger partial charge in [0.1, 0.15) is 0 Å². The van der Waals surface area contributed by atoms with Crippen LogP contribution in [0.15, 0.2) is 54.6 Å². The van der Waals surface area contributed by atoms with Gasteiger partial charge in [-0.1, -0.05) is 139 Å². The SMILES string of the molecule is CCCCCCCCCCCCCCCCOc1nc(N)nc(-c2c3ccccc3cc3ccccc23)n1. The third kappa shape index (κ3) is 8.14. The van der Waals surface area contributed by atoms with Crippen molar-refractivity contribution in [2.45, 2.75) is 96.8 Å². The van der Waals surface area contributed by atoms with Gasteiger partial charge in [0.15, 0.2) is 5.82 Å². The molecule has 5 nitrogen and oxygen atoms in total. The van der Waals surface area contributed by atoms with E-state index in [4.69, 9.17) is 10.5 Å². The minimum atomic E-state index is 0.183. The zero-order valence-corrected chi connectivity index (χ0v) is 23.1. The van der Waals surface area contributed by atoms with Gasteiger partial charge in [-0.2, -0.15) is 15.0 Å². The molecule has 0 radical (unpaired) electrons. The standard InChI is InChI=1S/C33H44N4O/c1-2-3-4-5-6-7-8-9-10-11-12-13-14-19-24-38-33-36-31(35-32(34)37-33)30-28-22-17-15-20-26(28)25-27-21-16-18-23-29(27)30/h15-18,20-23,25H,2-14,19,24H2,1H3,(H2,34,35,36,37). The molecule has 4 rings (SSSR count). The van der Waals surface area contributed by atoms with Crippen LogP contribution in [0, 0.1) is 0 Å². The third-order valence-electron chi connectivity index (χ3n) is 7.36. The van der Waals surface area contributed by atoms with Gasteiger partial charge < -0.3 is 10.5 Å². The van der Waals surface area contributed by atoms with Gasteiger partial charge in [-0.05, 0) is 34.0 Å². The number of nitrogens with two attached hydrogens (primary N) is 1. The first-order valence-electron chi connectivity index (χ1n) is 14.8. The van der Waals surface area contributed by atoms with Gasteiger partial charge in [0.25, 0.3) is 0 Å². The molecular weight excluding hydrogens is 468 g/mol. The van der Waals surface area contributed by atoms with E-state index in [2.05, 4.69) is 52.2 Å². The number of aromatic nitrogens is 3. The van der Waals surface area contributed by atoms with Crippen LogP contribution in [0.3, 0.4) is 0 Å². The zero-order chi connectivity index (χ0) is 26.4. The molecule has 0 aliphatic heterocycles. The number of hydrogen-bond acceptors (Lipinski definition) is 5. The quantitative estimate of drug-likeness (QED) is 0.113. The van der Waals surface area contributed by atoms with Crippen molar-refractivity contribution in [3.8, 4) is 17.4 Å². The minimum Gasteiger partial charge on any atom is -0.463 e. The van der Waals surface area contributed by atoms with Gasteiger partial charge in [0.05, 0.1) is 6.61 Å². The molecule has 2 N–H and O–H groups in total. The number of anilines is 1. The molecule has 0 aliphatic rings. The van der Waals surface area contributed by atoms with E-state index < -0.39 is 0 Å². The normalized spacial score (nSPS) is 11.4. The van der Waals surface area contributed by atoms with Crippen molar-refractivity contribution in [2.24, 2.45) is 0 Å². The number of hydrogen-bond donors (Lipinski definition) is 1. The maximum atomic E-state index is 6.10. The van der Waals surface area contributed by atoms with Crippen LogP contribution in [-0.4, -0.2) is 21.6 Å². The molecule has 0 saturated heterocycles. The highest BCUT2D eigenvalue weighted by Crippen LogP contribution is 2.35. The van der Waals surface area contributed by atoms with Crippen molar-refractivity contribution in [3.05, 3.63) is 54.6 Å². The second kappa shape index (κ2) is 15.3. The maximum absolute atomic E-state index is 6.10. The Morgan fingerprint density at radius 1 is 0.605 bits per heavy atom. The summed E-state index contributed by atoms with van der Waals surface area (Å²) >= 11 is 0. The predicted octanol–water partition coefficient (Wildman–Crippen LogP) is 9.29. The number of rotatable bonds is 17. The Labute approximate surface area is 228 Å². The number of fused-ring (bicyclic) bond motifs is 2. The smallest absolute Gasteiger partial charge is 0.321 e. The van der Waals surface area contributed by atoms with Crippen molar-refractivity contribution in [1.82, 2.24) is 15.0 Å². The highest BCUT2D eigenvalue weighted by Gasteiger charge is 2.15. The van der Waals surface area contributed by atoms with Crippen LogP contribution in [0.5, 0.6) is 6.01 Å². The third-order valence-corrected chi connectivity index (χ3v) is 7.36. The molecule has 0 fully saturated rings. The van der Waals surface area contributed by atoms with Crippen LogP contribution in [0.25, 0.3) is 32.9 Å². The summed E-state index contributed by atoms with van der Waals surface area (Å²) in [4.78, 5) is 13.4. The second-order valence-electron chi connectivity index (χ2n) is 10.4. The van der Waals surface area contributed by atoms with Crippen LogP contribution < -0.4 is 10.5 Å². The summed E-state index contributed by atoms with van der Waals surface area (Å²) in [6.07, 6.45) is 18.7. The first-order chi connectivity index (χ1) is 18.8. The average molecular weight is 513 g/mol. The lowest BCUT2D eigenvalue weighted by Crippen LogP contribution is -2.06. The van der Waals surface area contributed by atoms with Crippen molar-refractivity contribution in [3.63, 3.8) is 0 Å². The monoisotopic (exact) mass is 512 g/mol. The summed E-state index contributed by atoms with van der Waals surface area (Å²) in [5, 5.41) is 4.47. The molecule has 0 atom stereocenters. The Balaban J connectivity index is 1.22. The molecule has 4 aromatic rings. The van der Waals surface area contributed by atoms with Crippen LogP contribution in [0.4, 0.5) is 5.95 Å². The molecule has 1 heterocycles. The van der Waals surface area contributed by atoms with Crippen LogP contribution in [0.1, 0.15) is 96.8 Å². The second-order valence-corrected chi connectivity index (χ2v) is 10.4. The lowest BCUT2D eigenvalue weighted by atomic mass is 9.96. The Kier molecular flexibility index (Phi) is 11.2. The minimum absolute atomic E-state index is 0.183. The Hall–Kier alpha value is -3.21. The Morgan fingerprint density at radius 3 is 1.66 bits per heavy atom. The predicted molar refractivity (Wildman–Crippen MR) is 160 cm³/mol. The molecule has 0 unspecified atom stereocenters. The topological polar surface area (TPSA) is 73.9 Å². The van der Waals surface area contributed by atoms with E-state index in [1.54, 1.807) is 0 Å². The largest absolute Gasteiger partial charge is 0.463 e. The van der Waals surface area contributed by atoms with Gasteiger partial charge in [0.2, 0.25) is 5.95 Å². The van der Waals surface area contributed by atoms with Gasteiger partial charge in [-0.25, -0.2) is 0 Å². The summed E-state index contributed by atoms with van der Waals surface area (Å²) in [5.41, 5.74) is 7.07. The highest BCUT2D eigenvalue weighted by atomic mass is 16.5. The van der Waals surface area contributed by atoms with Gasteiger partial charge in [-0.3, -0.25) is 0 Å². The van der Waals surface area contributed by atoms with Crippen LogP contribution in [-0.2, 0) is 0 Å². The number of benzene rings is 3. The first kappa shape index (κ1) is 27.8. The molecule has 1 aromatic heterocycles. The van der Waals surface area contributed by atoms with E-state index in [0.717, 1.165) is 33.5 Å². The highest BCUT2D eigenvalue weighted by molar-refractivity contribution is 6.11. The number of nitrogen functional groups attached to an aromatic ring is 1. The van der Waals surface area contributed by atoms with Crippen molar-refractivity contribution in [1.29, 1.82) is 0 Å². The fraction of sp³-hybridized carbons (Fsp3) is 0.485. The number of ether oxygens (including phenoxy) is 1. The lowest BCUT2D eigenvalue weighted by molar-refractivity contribution is 0.281. The van der Waals surface area contributed by atoms with E-state index >= 15 is 0 Å². The van der Waals surface area contributed by atoms with Crippen molar-refractivity contribution < 1.29 is 4.74 Å². The molecule has 3 aromatic carbocycles. The Bertz CT molecular complexity index is 1220. The van der Waals surface area contributed by atoms with E-state index in [1.165, 1.54) is 83.5 Å². The van der Waals surface area contributed by atoms with E-state index in [9.17, 15) is 0 Å². The van der Waals surface area contributed by atoms with E-state index in [-0.39, 0.29) is 5.95 Å². The van der Waals surface area contributed by atoms with Crippen molar-refractivity contribution in [2.75, 3.05) is 12.3 Å². The summed E-state index contributed by atoms with van der Waals surface area (Å²) < 4.78 is 5.94. The zero-order valence-electron chi connectivity index (χ0n) is 23.1. The maximum Gasteiger partial charge on any atom is 0.321 e. The number of unbranched alkanes of at least 4 members (excludes halogenated alkanes) is 13. The van der Waals surface area contributed by atoms with Crippen molar-refractivity contribution >= 4 is 27.5 Å². The van der Waals surface area contributed by atoms with Crippen LogP contribution >= 0.6 is 0 Å². The van der Waals surface area contributed by atoms with Gasteiger partial charge in [0, 0.05) is 5.56 Å². The average Bonchev–Trinajstić information content (AvgIpc) is 2.93. The Morgan fingerprint density at radius 2 is 1.11 bits per heavy atom. The molecule has 0 bridgehead atoms. The summed E-state index contributed by atoms with van der Waals surface area (Å²) in [7, 11) is 0. The fourth-order valence-electron chi connectivity index (χ4n) is 5.26. The first-order valence-corrected chi connectivity index (χ1v) is 14.8. The van der Waals surface area contributed by atoms with Gasteiger partial charge >= 0.3 is 6.01 Å². The molecule has 0 aliphatic carbocycles. The van der Waals surface area contributed by atoms with E-state index in [0.29, 0.717) is 18.4 Å². The molecular formula is C33H44N4O. The summed E-state index contributed by atoms with van der Waals surface area (Å²) in [5.74, 6) is 0.740. The molecule has 202 valence electrons. The summed E-state index contributed by atoms with van der Waals surface area (Å²) in [6, 6.07) is 19.1. The molecule has 0 amide bonds. The lowest BCUT2D eigenvalue weighted by Gasteiger charge is -2.12. The van der Waals surface area contributed by atoms with E-state index in [1.807, 2.05) is 24.3 Å². The van der Waals surface area contributed by atoms with Gasteiger partial charge in [-0.15, -0.1) is 0 Å². The summed E-state index contributed by atoms with van der Waals surface area (Å²) in [6.45, 7) is 2.88. The molecule has 0 spiro atoms.